The highest BCUT2D eigenvalue weighted by molar-refractivity contribution is 7.15. The minimum atomic E-state index is 0.586. The molecule has 0 spiro atoms. The molecule has 0 saturated heterocycles. The fourth-order valence-electron chi connectivity index (χ4n) is 2.41. The molecule has 120 valence electrons. The lowest BCUT2D eigenvalue weighted by Gasteiger charge is -2.12. The molecule has 3 aromatic rings. The molecule has 3 N–H and O–H groups in total. The van der Waals surface area contributed by atoms with Gasteiger partial charge in [-0.3, -0.25) is 0 Å². The maximum absolute atomic E-state index is 5.72. The molecule has 1 aromatic carbocycles. The van der Waals surface area contributed by atoms with E-state index in [1.807, 2.05) is 0 Å². The van der Waals surface area contributed by atoms with Gasteiger partial charge in [-0.2, -0.15) is 0 Å². The first-order valence-electron chi connectivity index (χ1n) is 7.99. The van der Waals surface area contributed by atoms with Crippen LogP contribution in [-0.4, -0.2) is 16.5 Å². The van der Waals surface area contributed by atoms with Gasteiger partial charge in [0, 0.05) is 28.2 Å². The third-order valence-corrected chi connectivity index (χ3v) is 5.25. The van der Waals surface area contributed by atoms with Crippen LogP contribution in [0.2, 0.25) is 0 Å². The molecule has 4 nitrogen and oxygen atoms in total. The minimum Gasteiger partial charge on any atom is -0.369 e. The zero-order valence-corrected chi connectivity index (χ0v) is 14.4. The first-order chi connectivity index (χ1) is 11.2. The van der Waals surface area contributed by atoms with Crippen molar-refractivity contribution in [2.45, 2.75) is 26.8 Å². The Morgan fingerprint density at radius 3 is 2.83 bits per heavy atom. The first kappa shape index (κ1) is 15.9. The second-order valence-electron chi connectivity index (χ2n) is 5.82. The number of nitrogens with zero attached hydrogens (tertiary/aromatic N) is 2. The number of anilines is 1. The summed E-state index contributed by atoms with van der Waals surface area (Å²) in [6.45, 7) is 5.95. The Morgan fingerprint density at radius 2 is 2.09 bits per heavy atom. The maximum atomic E-state index is 5.72. The summed E-state index contributed by atoms with van der Waals surface area (Å²) < 4.78 is 0. The lowest BCUT2D eigenvalue weighted by Crippen LogP contribution is -2.11. The summed E-state index contributed by atoms with van der Waals surface area (Å²) in [4.78, 5) is 11.2. The third-order valence-electron chi connectivity index (χ3n) is 4.10. The van der Waals surface area contributed by atoms with E-state index in [1.54, 1.807) is 17.7 Å². The van der Waals surface area contributed by atoms with Crippen LogP contribution in [-0.2, 0) is 6.54 Å². The number of aromatic nitrogens is 2. The summed E-state index contributed by atoms with van der Waals surface area (Å²) in [5.74, 6) is 1.53. The summed E-state index contributed by atoms with van der Waals surface area (Å²) in [6, 6.07) is 10.6. The Labute approximate surface area is 140 Å². The van der Waals surface area contributed by atoms with Gasteiger partial charge >= 0.3 is 0 Å². The van der Waals surface area contributed by atoms with Crippen LogP contribution in [0.4, 0.5) is 5.82 Å². The van der Waals surface area contributed by atoms with Crippen molar-refractivity contribution in [2.75, 3.05) is 11.9 Å². The van der Waals surface area contributed by atoms with Gasteiger partial charge in [-0.05, 0) is 35.7 Å². The normalized spacial score (nSPS) is 12.5. The number of nitrogens with two attached hydrogens (primary N) is 1. The zero-order valence-electron chi connectivity index (χ0n) is 13.5. The summed E-state index contributed by atoms with van der Waals surface area (Å²) >= 11 is 1.74. The smallest absolute Gasteiger partial charge is 0.137 e. The van der Waals surface area contributed by atoms with Gasteiger partial charge in [-0.1, -0.05) is 26.3 Å². The summed E-state index contributed by atoms with van der Waals surface area (Å²) in [5, 5.41) is 4.53. The fourth-order valence-corrected chi connectivity index (χ4v) is 3.29. The van der Waals surface area contributed by atoms with Crippen LogP contribution in [0.3, 0.4) is 0 Å². The molecule has 0 amide bonds. The molecule has 23 heavy (non-hydrogen) atoms. The topological polar surface area (TPSA) is 63.8 Å². The molecular formula is C18H22N4S. The van der Waals surface area contributed by atoms with E-state index < -0.39 is 0 Å². The molecular weight excluding hydrogens is 304 g/mol. The quantitative estimate of drug-likeness (QED) is 0.710. The SMILES string of the molecule is CCC(C)CNc1ncnc2ccc(-c3ccc(CN)s3)cc12. The largest absolute Gasteiger partial charge is 0.369 e. The Hall–Kier alpha value is -1.98. The number of hydrogen-bond acceptors (Lipinski definition) is 5. The van der Waals surface area contributed by atoms with Crippen LogP contribution >= 0.6 is 11.3 Å². The van der Waals surface area contributed by atoms with Crippen LogP contribution in [0, 0.1) is 5.92 Å². The zero-order chi connectivity index (χ0) is 16.2. The number of thiophene rings is 1. The number of benzene rings is 1. The van der Waals surface area contributed by atoms with Crippen molar-refractivity contribution in [3.63, 3.8) is 0 Å². The predicted molar refractivity (Wildman–Crippen MR) is 98.7 cm³/mol. The monoisotopic (exact) mass is 326 g/mol. The average molecular weight is 326 g/mol. The lowest BCUT2D eigenvalue weighted by molar-refractivity contribution is 0.593. The molecule has 5 heteroatoms. The predicted octanol–water partition coefficient (Wildman–Crippen LogP) is 4.28. The van der Waals surface area contributed by atoms with E-state index >= 15 is 0 Å². The molecule has 2 heterocycles. The van der Waals surface area contributed by atoms with E-state index in [9.17, 15) is 0 Å². The van der Waals surface area contributed by atoms with Crippen LogP contribution in [0.25, 0.3) is 21.3 Å². The van der Waals surface area contributed by atoms with E-state index in [1.165, 1.54) is 15.3 Å². The molecule has 1 unspecified atom stereocenters. The van der Waals surface area contributed by atoms with Crippen molar-refractivity contribution in [3.05, 3.63) is 41.5 Å². The van der Waals surface area contributed by atoms with E-state index in [4.69, 9.17) is 5.73 Å². The second-order valence-corrected chi connectivity index (χ2v) is 6.99. The van der Waals surface area contributed by atoms with Crippen LogP contribution in [0.15, 0.2) is 36.7 Å². The molecule has 0 bridgehead atoms. The highest BCUT2D eigenvalue weighted by Gasteiger charge is 2.08. The lowest BCUT2D eigenvalue weighted by atomic mass is 10.1. The van der Waals surface area contributed by atoms with Crippen LogP contribution in [0.5, 0.6) is 0 Å². The number of rotatable bonds is 6. The molecule has 0 aliphatic heterocycles. The Bertz CT molecular complexity index is 797. The number of fused-ring (bicyclic) bond motifs is 1. The Kier molecular flexibility index (Phi) is 4.88. The van der Waals surface area contributed by atoms with Gasteiger partial charge in [-0.25, -0.2) is 9.97 Å². The van der Waals surface area contributed by atoms with Crippen molar-refractivity contribution >= 4 is 28.1 Å². The van der Waals surface area contributed by atoms with E-state index in [-0.39, 0.29) is 0 Å². The highest BCUT2D eigenvalue weighted by Crippen LogP contribution is 2.31. The standard InChI is InChI=1S/C18H22N4S/c1-3-12(2)10-20-18-15-8-13(4-6-16(15)21-11-22-18)17-7-5-14(9-19)23-17/h4-8,11-12H,3,9-10,19H2,1-2H3,(H,20,21,22). The summed E-state index contributed by atoms with van der Waals surface area (Å²) in [5.41, 5.74) is 7.87. The van der Waals surface area contributed by atoms with Gasteiger partial charge in [0.05, 0.1) is 5.52 Å². The Morgan fingerprint density at radius 1 is 1.22 bits per heavy atom. The van der Waals surface area contributed by atoms with Crippen molar-refractivity contribution in [3.8, 4) is 10.4 Å². The molecule has 0 saturated carbocycles. The van der Waals surface area contributed by atoms with Crippen LogP contribution in [0.1, 0.15) is 25.1 Å². The van der Waals surface area contributed by atoms with Gasteiger partial charge in [0.25, 0.3) is 0 Å². The summed E-state index contributed by atoms with van der Waals surface area (Å²) in [6.07, 6.45) is 2.77. The molecule has 0 fully saturated rings. The molecule has 0 aliphatic carbocycles. The molecule has 2 aromatic heterocycles. The van der Waals surface area contributed by atoms with Gasteiger partial charge in [0.2, 0.25) is 0 Å². The Balaban J connectivity index is 1.96. The van der Waals surface area contributed by atoms with E-state index in [0.717, 1.165) is 29.7 Å². The minimum absolute atomic E-state index is 0.586. The van der Waals surface area contributed by atoms with Gasteiger partial charge < -0.3 is 11.1 Å². The van der Waals surface area contributed by atoms with E-state index in [0.29, 0.717) is 12.5 Å². The molecule has 3 rings (SSSR count). The van der Waals surface area contributed by atoms with Crippen molar-refractivity contribution in [1.82, 2.24) is 9.97 Å². The third kappa shape index (κ3) is 3.51. The van der Waals surface area contributed by atoms with Gasteiger partial charge in [0.15, 0.2) is 0 Å². The summed E-state index contributed by atoms with van der Waals surface area (Å²) in [7, 11) is 0. The van der Waals surface area contributed by atoms with Gasteiger partial charge in [-0.15, -0.1) is 11.3 Å². The molecule has 1 atom stereocenters. The van der Waals surface area contributed by atoms with Crippen molar-refractivity contribution < 1.29 is 0 Å². The van der Waals surface area contributed by atoms with Crippen molar-refractivity contribution in [1.29, 1.82) is 0 Å². The number of nitrogens with one attached hydrogen (secondary N) is 1. The highest BCUT2D eigenvalue weighted by atomic mass is 32.1. The van der Waals surface area contributed by atoms with Crippen LogP contribution < -0.4 is 11.1 Å². The van der Waals surface area contributed by atoms with E-state index in [2.05, 4.69) is 59.5 Å². The molecule has 0 radical (unpaired) electrons. The maximum Gasteiger partial charge on any atom is 0.137 e. The van der Waals surface area contributed by atoms with Crippen molar-refractivity contribution in [2.24, 2.45) is 11.7 Å². The van der Waals surface area contributed by atoms with Gasteiger partial charge in [0.1, 0.15) is 12.1 Å². The first-order valence-corrected chi connectivity index (χ1v) is 8.80. The number of hydrogen-bond donors (Lipinski definition) is 2. The molecule has 0 aliphatic rings. The fraction of sp³-hybridized carbons (Fsp3) is 0.333. The average Bonchev–Trinajstić information content (AvgIpc) is 3.08. The second kappa shape index (κ2) is 7.06.